The number of carboxylic acids is 1. The molecule has 1 aliphatic carbocycles. The van der Waals surface area contributed by atoms with E-state index in [1.165, 1.54) is 4.90 Å². The molecular formula is C17H21N3O3. The molecule has 0 saturated heterocycles. The van der Waals surface area contributed by atoms with E-state index in [4.69, 9.17) is 0 Å². The maximum absolute atomic E-state index is 12.8. The van der Waals surface area contributed by atoms with Crippen molar-refractivity contribution in [2.75, 3.05) is 7.05 Å². The van der Waals surface area contributed by atoms with E-state index in [2.05, 4.69) is 4.98 Å². The third kappa shape index (κ3) is 2.58. The number of aryl methyl sites for hydroxylation is 1. The van der Waals surface area contributed by atoms with E-state index in [9.17, 15) is 14.7 Å². The van der Waals surface area contributed by atoms with Gasteiger partial charge in [-0.15, -0.1) is 0 Å². The van der Waals surface area contributed by atoms with Gasteiger partial charge >= 0.3 is 5.97 Å². The highest BCUT2D eigenvalue weighted by atomic mass is 16.4. The summed E-state index contributed by atoms with van der Waals surface area (Å²) >= 11 is 0. The molecule has 1 amide bonds. The number of pyridine rings is 1. The average molecular weight is 315 g/mol. The molecule has 2 aromatic rings. The summed E-state index contributed by atoms with van der Waals surface area (Å²) in [5.41, 5.74) is 0.921. The van der Waals surface area contributed by atoms with Crippen LogP contribution < -0.4 is 0 Å². The van der Waals surface area contributed by atoms with Crippen molar-refractivity contribution in [3.8, 4) is 0 Å². The first-order valence-electron chi connectivity index (χ1n) is 7.91. The first kappa shape index (κ1) is 15.5. The average Bonchev–Trinajstić information content (AvgIpc) is 2.97. The van der Waals surface area contributed by atoms with Gasteiger partial charge in [0.2, 0.25) is 0 Å². The molecular weight excluding hydrogens is 294 g/mol. The lowest BCUT2D eigenvalue weighted by Crippen LogP contribution is -2.56. The smallest absolute Gasteiger partial charge is 0.329 e. The molecule has 1 aliphatic rings. The molecule has 0 unspecified atom stereocenters. The summed E-state index contributed by atoms with van der Waals surface area (Å²) < 4.78 is 1.78. The Morgan fingerprint density at radius 3 is 2.65 bits per heavy atom. The summed E-state index contributed by atoms with van der Waals surface area (Å²) in [6.07, 6.45) is 7.18. The van der Waals surface area contributed by atoms with Crippen LogP contribution in [0.1, 0.15) is 48.2 Å². The van der Waals surface area contributed by atoms with E-state index < -0.39 is 11.5 Å². The van der Waals surface area contributed by atoms with Crippen LogP contribution in [0, 0.1) is 6.92 Å². The Morgan fingerprint density at radius 2 is 2.00 bits per heavy atom. The predicted molar refractivity (Wildman–Crippen MR) is 85.5 cm³/mol. The second-order valence-electron chi connectivity index (χ2n) is 6.36. The fourth-order valence-electron chi connectivity index (χ4n) is 3.38. The van der Waals surface area contributed by atoms with Crippen LogP contribution >= 0.6 is 0 Å². The Hall–Kier alpha value is -2.37. The molecule has 0 aliphatic heterocycles. The Bertz CT molecular complexity index is 760. The van der Waals surface area contributed by atoms with E-state index >= 15 is 0 Å². The second kappa shape index (κ2) is 5.68. The Balaban J connectivity index is 1.94. The first-order chi connectivity index (χ1) is 10.9. The molecule has 6 heteroatoms. The van der Waals surface area contributed by atoms with Crippen molar-refractivity contribution in [1.82, 2.24) is 14.3 Å². The maximum Gasteiger partial charge on any atom is 0.329 e. The van der Waals surface area contributed by atoms with Gasteiger partial charge in [0.15, 0.2) is 0 Å². The molecule has 2 heterocycles. The molecule has 0 atom stereocenters. The standard InChI is InChI=1S/C17H21N3O3/c1-12-6-9-20-11-13(18-14(20)10-12)15(21)19(2)17(16(22)23)7-4-3-5-8-17/h6,9-11H,3-5,7-8H2,1-2H3,(H,22,23). The molecule has 2 aromatic heterocycles. The highest BCUT2D eigenvalue weighted by Crippen LogP contribution is 2.34. The number of imidazole rings is 1. The molecule has 1 fully saturated rings. The van der Waals surface area contributed by atoms with Crippen molar-refractivity contribution in [2.24, 2.45) is 0 Å². The molecule has 0 bridgehead atoms. The Kier molecular flexibility index (Phi) is 3.83. The number of carboxylic acid groups (broad SMARTS) is 1. The number of nitrogens with zero attached hydrogens (tertiary/aromatic N) is 3. The van der Waals surface area contributed by atoms with Crippen LogP contribution in [0.4, 0.5) is 0 Å². The molecule has 6 nitrogen and oxygen atoms in total. The van der Waals surface area contributed by atoms with Gasteiger partial charge in [0.25, 0.3) is 5.91 Å². The predicted octanol–water partition coefficient (Wildman–Crippen LogP) is 2.50. The molecule has 1 saturated carbocycles. The minimum Gasteiger partial charge on any atom is -0.479 e. The van der Waals surface area contributed by atoms with Crippen molar-refractivity contribution in [2.45, 2.75) is 44.6 Å². The number of aliphatic carboxylic acids is 1. The molecule has 122 valence electrons. The lowest BCUT2D eigenvalue weighted by atomic mass is 9.80. The molecule has 23 heavy (non-hydrogen) atoms. The quantitative estimate of drug-likeness (QED) is 0.944. The minimum atomic E-state index is -1.11. The van der Waals surface area contributed by atoms with Crippen LogP contribution in [0.25, 0.3) is 5.65 Å². The van der Waals surface area contributed by atoms with Gasteiger partial charge in [0.1, 0.15) is 16.9 Å². The summed E-state index contributed by atoms with van der Waals surface area (Å²) in [7, 11) is 1.58. The van der Waals surface area contributed by atoms with Crippen molar-refractivity contribution in [3.63, 3.8) is 0 Å². The zero-order valence-electron chi connectivity index (χ0n) is 13.5. The van der Waals surface area contributed by atoms with E-state index in [-0.39, 0.29) is 11.6 Å². The van der Waals surface area contributed by atoms with Crippen LogP contribution in [0.3, 0.4) is 0 Å². The third-order valence-corrected chi connectivity index (χ3v) is 4.86. The monoisotopic (exact) mass is 315 g/mol. The van der Waals surface area contributed by atoms with Gasteiger partial charge in [-0.25, -0.2) is 9.78 Å². The first-order valence-corrected chi connectivity index (χ1v) is 7.91. The number of aromatic nitrogens is 2. The summed E-state index contributed by atoms with van der Waals surface area (Å²) in [6, 6.07) is 3.83. The highest BCUT2D eigenvalue weighted by molar-refractivity contribution is 5.96. The molecule has 0 spiro atoms. The number of carbonyl (C=O) groups is 2. The van der Waals surface area contributed by atoms with E-state index in [0.29, 0.717) is 18.5 Å². The third-order valence-electron chi connectivity index (χ3n) is 4.86. The lowest BCUT2D eigenvalue weighted by molar-refractivity contribution is -0.151. The van der Waals surface area contributed by atoms with Crippen LogP contribution in [-0.2, 0) is 4.79 Å². The van der Waals surface area contributed by atoms with Crippen LogP contribution in [0.5, 0.6) is 0 Å². The van der Waals surface area contributed by atoms with Crippen molar-refractivity contribution < 1.29 is 14.7 Å². The minimum absolute atomic E-state index is 0.282. The van der Waals surface area contributed by atoms with Gasteiger partial charge < -0.3 is 14.4 Å². The van der Waals surface area contributed by atoms with Gasteiger partial charge in [-0.2, -0.15) is 0 Å². The zero-order valence-corrected chi connectivity index (χ0v) is 13.5. The zero-order chi connectivity index (χ0) is 16.6. The van der Waals surface area contributed by atoms with Crippen molar-refractivity contribution >= 4 is 17.5 Å². The van der Waals surface area contributed by atoms with E-state index in [0.717, 1.165) is 24.8 Å². The van der Waals surface area contributed by atoms with Crippen LogP contribution in [0.15, 0.2) is 24.5 Å². The fourth-order valence-corrected chi connectivity index (χ4v) is 3.38. The largest absolute Gasteiger partial charge is 0.479 e. The number of hydrogen-bond acceptors (Lipinski definition) is 3. The van der Waals surface area contributed by atoms with E-state index in [1.807, 2.05) is 25.3 Å². The summed E-state index contributed by atoms with van der Waals surface area (Å²) in [4.78, 5) is 30.4. The topological polar surface area (TPSA) is 74.9 Å². The number of hydrogen-bond donors (Lipinski definition) is 1. The SMILES string of the molecule is Cc1ccn2cc(C(=O)N(C)C3(C(=O)O)CCCCC3)nc2c1. The van der Waals surface area contributed by atoms with E-state index in [1.54, 1.807) is 17.6 Å². The fraction of sp³-hybridized carbons (Fsp3) is 0.471. The summed E-state index contributed by atoms with van der Waals surface area (Å²) in [5.74, 6) is -1.26. The number of amides is 1. The number of rotatable bonds is 3. The number of likely N-dealkylation sites (N-methyl/N-ethyl adjacent to an activating group) is 1. The highest BCUT2D eigenvalue weighted by Gasteiger charge is 2.46. The van der Waals surface area contributed by atoms with Crippen LogP contribution in [0.2, 0.25) is 0 Å². The Labute approximate surface area is 134 Å². The van der Waals surface area contributed by atoms with Crippen molar-refractivity contribution in [3.05, 3.63) is 35.8 Å². The van der Waals surface area contributed by atoms with Gasteiger partial charge in [0, 0.05) is 19.4 Å². The van der Waals surface area contributed by atoms with Crippen molar-refractivity contribution in [1.29, 1.82) is 0 Å². The summed E-state index contributed by atoms with van der Waals surface area (Å²) in [5, 5.41) is 9.71. The molecule has 3 rings (SSSR count). The molecule has 0 aromatic carbocycles. The normalized spacial score (nSPS) is 17.1. The number of carbonyl (C=O) groups excluding carboxylic acids is 1. The maximum atomic E-state index is 12.8. The summed E-state index contributed by atoms with van der Waals surface area (Å²) in [6.45, 7) is 1.96. The van der Waals surface area contributed by atoms with Gasteiger partial charge in [-0.3, -0.25) is 4.79 Å². The van der Waals surface area contributed by atoms with Gasteiger partial charge in [-0.05, 0) is 37.5 Å². The van der Waals surface area contributed by atoms with Gasteiger partial charge in [0.05, 0.1) is 0 Å². The molecule has 1 N–H and O–H groups in total. The second-order valence-corrected chi connectivity index (χ2v) is 6.36. The lowest BCUT2D eigenvalue weighted by Gasteiger charge is -2.40. The number of fused-ring (bicyclic) bond motifs is 1. The van der Waals surface area contributed by atoms with Crippen LogP contribution in [-0.4, -0.2) is 43.9 Å². The molecule has 0 radical (unpaired) electrons. The van der Waals surface area contributed by atoms with Gasteiger partial charge in [-0.1, -0.05) is 19.3 Å². The Morgan fingerprint density at radius 1 is 1.30 bits per heavy atom.